The van der Waals surface area contributed by atoms with E-state index in [-0.39, 0.29) is 43.2 Å². The van der Waals surface area contributed by atoms with Gasteiger partial charge in [-0.3, -0.25) is 13.9 Å². The monoisotopic (exact) mass is 627 g/mol. The van der Waals surface area contributed by atoms with Crippen LogP contribution < -0.4 is 16.0 Å². The van der Waals surface area contributed by atoms with Crippen LogP contribution >= 0.6 is 0 Å². The number of pyridine rings is 1. The van der Waals surface area contributed by atoms with Crippen LogP contribution in [-0.4, -0.2) is 49.3 Å². The van der Waals surface area contributed by atoms with Crippen molar-refractivity contribution < 1.29 is 27.4 Å². The third-order valence-corrected chi connectivity index (χ3v) is 8.35. The zero-order valence-corrected chi connectivity index (χ0v) is 25.1. The summed E-state index contributed by atoms with van der Waals surface area (Å²) in [6.45, 7) is 3.18. The summed E-state index contributed by atoms with van der Waals surface area (Å²) in [6, 6.07) is 8.30. The molecule has 1 saturated carbocycles. The maximum absolute atomic E-state index is 14.0. The van der Waals surface area contributed by atoms with Gasteiger partial charge in [-0.2, -0.15) is 13.2 Å². The molecule has 10 nitrogen and oxygen atoms in total. The van der Waals surface area contributed by atoms with Gasteiger partial charge in [0.1, 0.15) is 11.9 Å². The van der Waals surface area contributed by atoms with Gasteiger partial charge in [0.15, 0.2) is 17.5 Å². The number of halogens is 3. The first-order valence-corrected chi connectivity index (χ1v) is 15.5. The van der Waals surface area contributed by atoms with Crippen molar-refractivity contribution in [3.05, 3.63) is 74.6 Å². The minimum absolute atomic E-state index is 0.0452. The minimum Gasteiger partial charge on any atom is -0.474 e. The molecule has 0 amide bonds. The molecular formula is C32H36F3N5O5. The minimum atomic E-state index is -4.47. The molecule has 3 aromatic heterocycles. The summed E-state index contributed by atoms with van der Waals surface area (Å²) >= 11 is 0. The Kier molecular flexibility index (Phi) is 9.09. The third kappa shape index (κ3) is 6.69. The van der Waals surface area contributed by atoms with Crippen molar-refractivity contribution in [1.82, 2.24) is 23.7 Å². The first-order chi connectivity index (χ1) is 21.7. The van der Waals surface area contributed by atoms with Gasteiger partial charge in [-0.15, -0.1) is 0 Å². The predicted molar refractivity (Wildman–Crippen MR) is 160 cm³/mol. The number of imidazole rings is 1. The lowest BCUT2D eigenvalue weighted by Crippen LogP contribution is -2.40. The lowest BCUT2D eigenvalue weighted by Gasteiger charge is -2.25. The molecule has 0 spiro atoms. The van der Waals surface area contributed by atoms with E-state index in [1.807, 2.05) is 0 Å². The number of rotatable bonds is 11. The van der Waals surface area contributed by atoms with Crippen LogP contribution in [0, 0.1) is 0 Å². The highest BCUT2D eigenvalue weighted by atomic mass is 19.4. The Balaban J connectivity index is 1.38. The molecule has 0 radical (unpaired) electrons. The lowest BCUT2D eigenvalue weighted by molar-refractivity contribution is -0.163. The maximum Gasteiger partial charge on any atom is 0.416 e. The van der Waals surface area contributed by atoms with Crippen LogP contribution in [0.15, 0.2) is 52.2 Å². The highest BCUT2D eigenvalue weighted by molar-refractivity contribution is 5.77. The normalized spacial score (nSPS) is 17.5. The molecule has 0 N–H and O–H groups in total. The number of benzene rings is 1. The second kappa shape index (κ2) is 13.2. The van der Waals surface area contributed by atoms with E-state index in [1.165, 1.54) is 21.3 Å². The highest BCUT2D eigenvalue weighted by Crippen LogP contribution is 2.31. The van der Waals surface area contributed by atoms with Crippen LogP contribution in [0.3, 0.4) is 0 Å². The molecule has 0 bridgehead atoms. The molecule has 6 rings (SSSR count). The van der Waals surface area contributed by atoms with E-state index in [0.717, 1.165) is 50.7 Å². The van der Waals surface area contributed by atoms with Gasteiger partial charge < -0.3 is 18.8 Å². The van der Waals surface area contributed by atoms with Crippen molar-refractivity contribution >= 4 is 11.2 Å². The van der Waals surface area contributed by atoms with Crippen molar-refractivity contribution in [2.45, 2.75) is 90.1 Å². The van der Waals surface area contributed by atoms with Crippen molar-refractivity contribution in [2.75, 3.05) is 13.2 Å². The van der Waals surface area contributed by atoms with E-state index in [0.29, 0.717) is 42.5 Å². The average molecular weight is 628 g/mol. The molecule has 1 aliphatic heterocycles. The summed E-state index contributed by atoms with van der Waals surface area (Å²) in [5.41, 5.74) is -0.307. The van der Waals surface area contributed by atoms with Crippen molar-refractivity contribution in [1.29, 1.82) is 0 Å². The van der Waals surface area contributed by atoms with Crippen molar-refractivity contribution in [3.8, 4) is 17.3 Å². The van der Waals surface area contributed by atoms with Gasteiger partial charge in [-0.05, 0) is 75.6 Å². The first-order valence-electron chi connectivity index (χ1n) is 15.5. The van der Waals surface area contributed by atoms with E-state index in [2.05, 4.69) is 4.98 Å². The van der Waals surface area contributed by atoms with Crippen LogP contribution in [0.2, 0.25) is 0 Å². The quantitative estimate of drug-likeness (QED) is 0.206. The van der Waals surface area contributed by atoms with E-state index < -0.39 is 23.0 Å². The van der Waals surface area contributed by atoms with Gasteiger partial charge in [0.25, 0.3) is 5.56 Å². The topological polar surface area (TPSA) is 102 Å². The fourth-order valence-electron chi connectivity index (χ4n) is 5.65. The van der Waals surface area contributed by atoms with Gasteiger partial charge in [-0.1, -0.05) is 12.1 Å². The van der Waals surface area contributed by atoms with Crippen LogP contribution in [0.1, 0.15) is 63.0 Å². The summed E-state index contributed by atoms with van der Waals surface area (Å²) in [5.74, 6) is 0.837. The Hall–Kier alpha value is -3.97. The Bertz CT molecular complexity index is 1740. The molecule has 1 atom stereocenters. The zero-order chi connectivity index (χ0) is 31.6. The molecule has 4 aromatic rings. The molecule has 45 heavy (non-hydrogen) atoms. The Morgan fingerprint density at radius 2 is 1.78 bits per heavy atom. The number of aromatic nitrogens is 5. The summed E-state index contributed by atoms with van der Waals surface area (Å²) < 4.78 is 61.3. The molecule has 13 heteroatoms. The van der Waals surface area contributed by atoms with Crippen LogP contribution in [0.4, 0.5) is 13.2 Å². The largest absolute Gasteiger partial charge is 0.474 e. The third-order valence-electron chi connectivity index (χ3n) is 8.35. The standard InChI is InChI=1S/C32H36F3N5O5/c1-2-38-29-27(30(41)39(31(38)42)16-6-18-44-26-9-3-4-17-43-26)40(20-21-10-13-23(14-11-21)32(33,34)35)28(37-29)22-12-15-25(36-19-22)45-24-7-5-8-24/h10-15,19,24,26H,2-9,16-18,20H2,1H3. The smallest absolute Gasteiger partial charge is 0.416 e. The Labute approximate surface area is 257 Å². The fourth-order valence-corrected chi connectivity index (χ4v) is 5.65. The SMILES string of the molecule is CCn1c(=O)n(CCCOC2CCCCO2)c(=O)c2c1nc(-c1ccc(OC3CCC3)nc1)n2Cc1ccc(C(F)(F)F)cc1. The molecule has 2 aliphatic rings. The first kappa shape index (κ1) is 31.0. The molecule has 1 aliphatic carbocycles. The van der Waals surface area contributed by atoms with E-state index in [1.54, 1.807) is 29.8 Å². The summed E-state index contributed by atoms with van der Waals surface area (Å²) in [4.78, 5) is 36.7. The van der Waals surface area contributed by atoms with E-state index >= 15 is 0 Å². The Morgan fingerprint density at radius 3 is 2.40 bits per heavy atom. The molecule has 1 unspecified atom stereocenters. The fraction of sp³-hybridized carbons (Fsp3) is 0.500. The van der Waals surface area contributed by atoms with Gasteiger partial charge >= 0.3 is 11.9 Å². The van der Waals surface area contributed by atoms with Gasteiger partial charge in [0.05, 0.1) is 12.2 Å². The number of nitrogens with zero attached hydrogens (tertiary/aromatic N) is 5. The summed E-state index contributed by atoms with van der Waals surface area (Å²) in [5, 5.41) is 0. The van der Waals surface area contributed by atoms with Gasteiger partial charge in [-0.25, -0.2) is 14.8 Å². The lowest BCUT2D eigenvalue weighted by atomic mass is 9.96. The van der Waals surface area contributed by atoms with Crippen LogP contribution in [0.5, 0.6) is 5.88 Å². The van der Waals surface area contributed by atoms with Crippen LogP contribution in [-0.2, 0) is 35.3 Å². The molecule has 1 saturated heterocycles. The molecule has 4 heterocycles. The number of fused-ring (bicyclic) bond motifs is 1. The second-order valence-electron chi connectivity index (χ2n) is 11.4. The number of hydrogen-bond donors (Lipinski definition) is 0. The highest BCUT2D eigenvalue weighted by Gasteiger charge is 2.30. The number of aryl methyl sites for hydroxylation is 1. The van der Waals surface area contributed by atoms with E-state index in [4.69, 9.17) is 19.2 Å². The molecular weight excluding hydrogens is 591 g/mol. The molecule has 240 valence electrons. The van der Waals surface area contributed by atoms with Gasteiger partial charge in [0.2, 0.25) is 5.88 Å². The van der Waals surface area contributed by atoms with Crippen LogP contribution in [0.25, 0.3) is 22.6 Å². The summed E-state index contributed by atoms with van der Waals surface area (Å²) in [7, 11) is 0. The second-order valence-corrected chi connectivity index (χ2v) is 11.4. The molecule has 1 aromatic carbocycles. The van der Waals surface area contributed by atoms with Gasteiger partial charge in [0, 0.05) is 44.1 Å². The average Bonchev–Trinajstić information content (AvgIpc) is 3.38. The molecule has 2 fully saturated rings. The number of ether oxygens (including phenoxy) is 3. The number of hydrogen-bond acceptors (Lipinski definition) is 7. The van der Waals surface area contributed by atoms with E-state index in [9.17, 15) is 22.8 Å². The summed E-state index contributed by atoms with van der Waals surface area (Å²) in [6.07, 6.45) is 3.31. The van der Waals surface area contributed by atoms with Crippen molar-refractivity contribution in [2.24, 2.45) is 0 Å². The van der Waals surface area contributed by atoms with Crippen molar-refractivity contribution in [3.63, 3.8) is 0 Å². The zero-order valence-electron chi connectivity index (χ0n) is 25.1. The maximum atomic E-state index is 14.0. The Morgan fingerprint density at radius 1 is 0.978 bits per heavy atom. The predicted octanol–water partition coefficient (Wildman–Crippen LogP) is 5.37. The number of alkyl halides is 3.